The number of aryl methyl sites for hydroxylation is 2. The highest BCUT2D eigenvalue weighted by molar-refractivity contribution is 6.35. The molecule has 0 aliphatic heterocycles. The second-order valence-electron chi connectivity index (χ2n) is 7.21. The molecular weight excluding hydrogens is 368 g/mol. The molecule has 6 heteroatoms. The molecule has 0 fully saturated rings. The third-order valence-electron chi connectivity index (χ3n) is 5.14. The second-order valence-corrected chi connectivity index (χ2v) is 7.21. The maximum atomic E-state index is 12.2. The average Bonchev–Trinajstić information content (AvgIpc) is 2.76. The Balaban J connectivity index is 1.42. The maximum Gasteiger partial charge on any atom is 0.309 e. The first kappa shape index (κ1) is 20.7. The fraction of sp³-hybridized carbons (Fsp3) is 0.391. The summed E-state index contributed by atoms with van der Waals surface area (Å²) in [6, 6.07) is 13.3. The van der Waals surface area contributed by atoms with E-state index in [2.05, 4.69) is 22.8 Å². The molecule has 1 unspecified atom stereocenters. The van der Waals surface area contributed by atoms with Crippen LogP contribution in [0, 0.1) is 0 Å². The minimum atomic E-state index is -0.659. The van der Waals surface area contributed by atoms with Crippen molar-refractivity contribution in [3.05, 3.63) is 59.2 Å². The van der Waals surface area contributed by atoms with Crippen molar-refractivity contribution in [3.8, 4) is 11.5 Å². The Labute approximate surface area is 171 Å². The molecule has 3 rings (SSSR count). The Kier molecular flexibility index (Phi) is 7.11. The minimum Gasteiger partial charge on any atom is -0.497 e. The lowest BCUT2D eigenvalue weighted by Gasteiger charge is -2.20. The van der Waals surface area contributed by atoms with Crippen molar-refractivity contribution < 1.29 is 19.1 Å². The van der Waals surface area contributed by atoms with E-state index < -0.39 is 11.8 Å². The van der Waals surface area contributed by atoms with Gasteiger partial charge in [-0.15, -0.1) is 0 Å². The van der Waals surface area contributed by atoms with Crippen LogP contribution in [0.25, 0.3) is 0 Å². The summed E-state index contributed by atoms with van der Waals surface area (Å²) in [6.07, 6.45) is 4.65. The van der Waals surface area contributed by atoms with Crippen LogP contribution in [0.5, 0.6) is 11.5 Å². The average molecular weight is 396 g/mol. The van der Waals surface area contributed by atoms with Crippen molar-refractivity contribution in [1.29, 1.82) is 0 Å². The molecule has 2 amide bonds. The molecular formula is C23H28N2O4. The highest BCUT2D eigenvalue weighted by Gasteiger charge is 2.18. The van der Waals surface area contributed by atoms with Crippen molar-refractivity contribution in [2.24, 2.45) is 0 Å². The number of carbonyl (C=O) groups is 2. The summed E-state index contributed by atoms with van der Waals surface area (Å²) < 4.78 is 10.6. The molecule has 1 atom stereocenters. The zero-order valence-corrected chi connectivity index (χ0v) is 17.0. The van der Waals surface area contributed by atoms with E-state index in [1.165, 1.54) is 24.0 Å². The van der Waals surface area contributed by atoms with Gasteiger partial charge in [-0.2, -0.15) is 0 Å². The minimum absolute atomic E-state index is 0.226. The fourth-order valence-corrected chi connectivity index (χ4v) is 3.45. The Bertz CT molecular complexity index is 848. The summed E-state index contributed by atoms with van der Waals surface area (Å²) in [6.45, 7) is 2.40. The van der Waals surface area contributed by atoms with Gasteiger partial charge in [0, 0.05) is 0 Å². The van der Waals surface area contributed by atoms with Gasteiger partial charge < -0.3 is 20.1 Å². The molecule has 0 aromatic heterocycles. The maximum absolute atomic E-state index is 12.2. The largest absolute Gasteiger partial charge is 0.497 e. The lowest BCUT2D eigenvalue weighted by molar-refractivity contribution is -0.139. The topological polar surface area (TPSA) is 76.7 Å². The predicted molar refractivity (Wildman–Crippen MR) is 111 cm³/mol. The number of benzene rings is 2. The number of fused-ring (bicyclic) bond motifs is 1. The van der Waals surface area contributed by atoms with Crippen molar-refractivity contribution in [2.75, 3.05) is 20.3 Å². The van der Waals surface area contributed by atoms with Crippen LogP contribution in [0.4, 0.5) is 0 Å². The first-order valence-corrected chi connectivity index (χ1v) is 10.0. The predicted octanol–water partition coefficient (Wildman–Crippen LogP) is 2.95. The zero-order valence-electron chi connectivity index (χ0n) is 17.0. The standard InChI is InChI=1S/C23H28N2O4/c1-16(18-8-7-17-5-3-4-6-19(17)15-18)25-23(27)22(26)24-13-14-29-21-11-9-20(28-2)10-12-21/h7-12,15-16H,3-6,13-14H2,1-2H3,(H,24,26)(H,25,27). The van der Waals surface area contributed by atoms with Crippen LogP contribution in [-0.2, 0) is 22.4 Å². The van der Waals surface area contributed by atoms with E-state index in [1.54, 1.807) is 31.4 Å². The van der Waals surface area contributed by atoms with E-state index in [-0.39, 0.29) is 19.2 Å². The number of carbonyl (C=O) groups excluding carboxylic acids is 2. The van der Waals surface area contributed by atoms with Gasteiger partial charge in [0.15, 0.2) is 0 Å². The van der Waals surface area contributed by atoms with Crippen LogP contribution >= 0.6 is 0 Å². The Morgan fingerprint density at radius 3 is 2.38 bits per heavy atom. The summed E-state index contributed by atoms with van der Waals surface area (Å²) >= 11 is 0. The Morgan fingerprint density at radius 1 is 0.966 bits per heavy atom. The molecule has 29 heavy (non-hydrogen) atoms. The van der Waals surface area contributed by atoms with Crippen LogP contribution in [0.1, 0.15) is 42.5 Å². The summed E-state index contributed by atoms with van der Waals surface area (Å²) in [4.78, 5) is 24.2. The molecule has 1 aliphatic rings. The van der Waals surface area contributed by atoms with Gasteiger partial charge in [-0.1, -0.05) is 18.2 Å². The molecule has 0 bridgehead atoms. The summed E-state index contributed by atoms with van der Waals surface area (Å²) in [7, 11) is 1.60. The van der Waals surface area contributed by atoms with Gasteiger partial charge in [-0.25, -0.2) is 0 Å². The van der Waals surface area contributed by atoms with Crippen LogP contribution in [-0.4, -0.2) is 32.1 Å². The third kappa shape index (κ3) is 5.73. The molecule has 2 aromatic carbocycles. The molecule has 1 aliphatic carbocycles. The van der Waals surface area contributed by atoms with Gasteiger partial charge in [0.05, 0.1) is 19.7 Å². The smallest absolute Gasteiger partial charge is 0.309 e. The number of amides is 2. The summed E-state index contributed by atoms with van der Waals surface area (Å²) in [5, 5.41) is 5.35. The molecule has 6 nitrogen and oxygen atoms in total. The normalized spacial score (nSPS) is 13.7. The van der Waals surface area contributed by atoms with Crippen molar-refractivity contribution in [3.63, 3.8) is 0 Å². The molecule has 2 N–H and O–H groups in total. The Morgan fingerprint density at radius 2 is 1.66 bits per heavy atom. The number of ether oxygens (including phenoxy) is 2. The van der Waals surface area contributed by atoms with E-state index in [1.807, 2.05) is 13.0 Å². The molecule has 0 heterocycles. The van der Waals surface area contributed by atoms with Gasteiger partial charge in [0.25, 0.3) is 0 Å². The van der Waals surface area contributed by atoms with Gasteiger partial charge >= 0.3 is 11.8 Å². The monoisotopic (exact) mass is 396 g/mol. The molecule has 0 saturated heterocycles. The van der Waals surface area contributed by atoms with E-state index in [4.69, 9.17) is 9.47 Å². The summed E-state index contributed by atoms with van der Waals surface area (Å²) in [5.41, 5.74) is 3.78. The van der Waals surface area contributed by atoms with Gasteiger partial charge in [0.1, 0.15) is 18.1 Å². The molecule has 0 spiro atoms. The van der Waals surface area contributed by atoms with Crippen LogP contribution in [0.3, 0.4) is 0 Å². The second kappa shape index (κ2) is 9.96. The molecule has 154 valence electrons. The van der Waals surface area contributed by atoms with E-state index in [0.717, 1.165) is 24.2 Å². The Hall–Kier alpha value is -3.02. The highest BCUT2D eigenvalue weighted by Crippen LogP contribution is 2.24. The number of nitrogens with one attached hydrogen (secondary N) is 2. The number of hydrogen-bond donors (Lipinski definition) is 2. The fourth-order valence-electron chi connectivity index (χ4n) is 3.45. The van der Waals surface area contributed by atoms with Gasteiger partial charge in [-0.3, -0.25) is 9.59 Å². The highest BCUT2D eigenvalue weighted by atomic mass is 16.5. The zero-order chi connectivity index (χ0) is 20.6. The SMILES string of the molecule is COc1ccc(OCCNC(=O)C(=O)NC(C)c2ccc3c(c2)CCCC3)cc1. The number of hydrogen-bond acceptors (Lipinski definition) is 4. The van der Waals surface area contributed by atoms with Crippen molar-refractivity contribution >= 4 is 11.8 Å². The van der Waals surface area contributed by atoms with Crippen LogP contribution in [0.15, 0.2) is 42.5 Å². The van der Waals surface area contributed by atoms with E-state index >= 15 is 0 Å². The molecule has 0 saturated carbocycles. The number of methoxy groups -OCH3 is 1. The first-order chi connectivity index (χ1) is 14.1. The lowest BCUT2D eigenvalue weighted by Crippen LogP contribution is -2.42. The van der Waals surface area contributed by atoms with Gasteiger partial charge in [0.2, 0.25) is 0 Å². The third-order valence-corrected chi connectivity index (χ3v) is 5.14. The lowest BCUT2D eigenvalue weighted by atomic mass is 9.89. The van der Waals surface area contributed by atoms with Crippen molar-refractivity contribution in [2.45, 2.75) is 38.6 Å². The molecule has 2 aromatic rings. The van der Waals surface area contributed by atoms with Crippen molar-refractivity contribution in [1.82, 2.24) is 10.6 Å². The van der Waals surface area contributed by atoms with Gasteiger partial charge in [-0.05, 0) is 73.6 Å². The number of rotatable bonds is 7. The van der Waals surface area contributed by atoms with E-state index in [0.29, 0.717) is 5.75 Å². The summed E-state index contributed by atoms with van der Waals surface area (Å²) in [5.74, 6) is 0.119. The van der Waals surface area contributed by atoms with Crippen LogP contribution in [0.2, 0.25) is 0 Å². The first-order valence-electron chi connectivity index (χ1n) is 10.0. The molecule has 0 radical (unpaired) electrons. The van der Waals surface area contributed by atoms with E-state index in [9.17, 15) is 9.59 Å². The van der Waals surface area contributed by atoms with Crippen LogP contribution < -0.4 is 20.1 Å². The quantitative estimate of drug-likeness (QED) is 0.557.